The molecule has 54 valence electrons. The second-order valence-electron chi connectivity index (χ2n) is 1.83. The van der Waals surface area contributed by atoms with Gasteiger partial charge in [-0.05, 0) is 19.4 Å². The van der Waals surface area contributed by atoms with Crippen LogP contribution in [0.15, 0.2) is 5.11 Å². The quantitative estimate of drug-likeness (QED) is 0.252. The van der Waals surface area contributed by atoms with Crippen LogP contribution in [0.4, 0.5) is 0 Å². The lowest BCUT2D eigenvalue weighted by atomic mass is 10.1. The molecule has 0 aromatic carbocycles. The topological polar surface area (TPSA) is 82.9 Å². The Morgan fingerprint density at radius 2 is 1.80 bits per heavy atom. The van der Waals surface area contributed by atoms with Crippen LogP contribution in [0.3, 0.4) is 0 Å². The molecule has 0 saturated carbocycles. The molecule has 0 spiro atoms. The molecule has 0 rings (SSSR count). The molecule has 0 aliphatic carbocycles. The molecule has 0 bridgehead atoms. The molecular weight excluding hydrogens is 134 g/mol. The molecule has 0 N–H and O–H groups in total. The number of hydrogen-bond acceptors (Lipinski definition) is 3. The molecule has 0 saturated heterocycles. The predicted molar refractivity (Wildman–Crippen MR) is 34.3 cm³/mol. The highest BCUT2D eigenvalue weighted by molar-refractivity contribution is 6.04. The Morgan fingerprint density at radius 3 is 1.90 bits per heavy atom. The van der Waals surface area contributed by atoms with Gasteiger partial charge in [-0.1, -0.05) is 5.11 Å². The highest BCUT2D eigenvalue weighted by Gasteiger charge is 2.16. The third-order valence-corrected chi connectivity index (χ3v) is 0.937. The lowest BCUT2D eigenvalue weighted by Gasteiger charge is -1.98. The van der Waals surface area contributed by atoms with Crippen molar-refractivity contribution in [1.82, 2.24) is 0 Å². The van der Waals surface area contributed by atoms with Crippen molar-refractivity contribution in [1.29, 1.82) is 0 Å². The molecule has 0 aromatic heterocycles. The number of azide groups is 1. The molecule has 5 heteroatoms. The van der Waals surface area contributed by atoms with Gasteiger partial charge in [0.25, 0.3) is 0 Å². The second kappa shape index (κ2) is 3.63. The first-order chi connectivity index (χ1) is 4.59. The predicted octanol–water partition coefficient (Wildman–Crippen LogP) is 0.843. The minimum absolute atomic E-state index is 0.426. The van der Waals surface area contributed by atoms with Crippen LogP contribution in [0.5, 0.6) is 0 Å². The summed E-state index contributed by atoms with van der Waals surface area (Å²) in [6.45, 7) is 2.42. The Bertz CT molecular complexity index is 188. The highest BCUT2D eigenvalue weighted by atomic mass is 16.2. The van der Waals surface area contributed by atoms with Crippen molar-refractivity contribution in [2.75, 3.05) is 0 Å². The summed E-state index contributed by atoms with van der Waals surface area (Å²) in [6, 6.07) is -1.13. The Morgan fingerprint density at radius 1 is 1.40 bits per heavy atom. The van der Waals surface area contributed by atoms with E-state index in [0.29, 0.717) is 0 Å². The Kier molecular flexibility index (Phi) is 3.14. The van der Waals surface area contributed by atoms with Crippen molar-refractivity contribution in [2.45, 2.75) is 19.9 Å². The van der Waals surface area contributed by atoms with E-state index >= 15 is 0 Å². The average molecular weight is 141 g/mol. The van der Waals surface area contributed by atoms with E-state index in [0.717, 1.165) is 0 Å². The fraction of sp³-hybridized carbons (Fsp3) is 0.600. The van der Waals surface area contributed by atoms with Gasteiger partial charge in [0.2, 0.25) is 0 Å². The molecule has 0 aliphatic heterocycles. The van der Waals surface area contributed by atoms with E-state index in [4.69, 9.17) is 5.53 Å². The van der Waals surface area contributed by atoms with E-state index in [1.165, 1.54) is 13.8 Å². The van der Waals surface area contributed by atoms with E-state index < -0.39 is 17.6 Å². The standard InChI is InChI=1S/C5H7N3O2/c1-3(9)5(4(2)10)7-8-6/h5H,1-2H3. The van der Waals surface area contributed by atoms with Gasteiger partial charge in [0.1, 0.15) is 11.6 Å². The normalized spacial score (nSPS) is 8.70. The zero-order valence-electron chi connectivity index (χ0n) is 5.74. The maximum Gasteiger partial charge on any atom is 0.154 e. The van der Waals surface area contributed by atoms with E-state index in [2.05, 4.69) is 10.0 Å². The maximum atomic E-state index is 10.5. The van der Waals surface area contributed by atoms with Crippen LogP contribution in [0.25, 0.3) is 10.4 Å². The van der Waals surface area contributed by atoms with E-state index in [9.17, 15) is 9.59 Å². The van der Waals surface area contributed by atoms with Gasteiger partial charge in [0.05, 0.1) is 0 Å². The van der Waals surface area contributed by atoms with Gasteiger partial charge in [0.15, 0.2) is 6.04 Å². The van der Waals surface area contributed by atoms with Crippen molar-refractivity contribution in [2.24, 2.45) is 5.11 Å². The summed E-state index contributed by atoms with van der Waals surface area (Å²) in [5, 5.41) is 3.00. The number of Topliss-reactive ketones (excluding diaryl/α,β-unsaturated/α-hetero) is 2. The van der Waals surface area contributed by atoms with Crippen LogP contribution in [-0.2, 0) is 9.59 Å². The summed E-state index contributed by atoms with van der Waals surface area (Å²) in [7, 11) is 0. The molecule has 0 radical (unpaired) electrons. The lowest BCUT2D eigenvalue weighted by Crippen LogP contribution is -2.22. The fourth-order valence-electron chi connectivity index (χ4n) is 0.500. The minimum atomic E-state index is -1.13. The molecule has 0 aromatic rings. The third kappa shape index (κ3) is 2.28. The van der Waals surface area contributed by atoms with Crippen LogP contribution in [0.1, 0.15) is 13.8 Å². The van der Waals surface area contributed by atoms with Crippen LogP contribution < -0.4 is 0 Å². The molecule has 0 heterocycles. The van der Waals surface area contributed by atoms with Crippen molar-refractivity contribution in [3.8, 4) is 0 Å². The van der Waals surface area contributed by atoms with Gasteiger partial charge in [-0.15, -0.1) is 0 Å². The monoisotopic (exact) mass is 141 g/mol. The van der Waals surface area contributed by atoms with Crippen LogP contribution in [-0.4, -0.2) is 17.6 Å². The molecule has 0 aliphatic rings. The zero-order valence-corrected chi connectivity index (χ0v) is 5.74. The molecule has 0 atom stereocenters. The fourth-order valence-corrected chi connectivity index (χ4v) is 0.500. The van der Waals surface area contributed by atoms with Gasteiger partial charge >= 0.3 is 0 Å². The van der Waals surface area contributed by atoms with Gasteiger partial charge in [0, 0.05) is 4.91 Å². The van der Waals surface area contributed by atoms with E-state index in [-0.39, 0.29) is 0 Å². The SMILES string of the molecule is CC(=O)C(N=[N+]=[N-])C(C)=O. The van der Waals surface area contributed by atoms with Crippen LogP contribution in [0, 0.1) is 0 Å². The maximum absolute atomic E-state index is 10.5. The van der Waals surface area contributed by atoms with Gasteiger partial charge < -0.3 is 0 Å². The third-order valence-electron chi connectivity index (χ3n) is 0.937. The van der Waals surface area contributed by atoms with Gasteiger partial charge in [-0.2, -0.15) is 0 Å². The van der Waals surface area contributed by atoms with Gasteiger partial charge in [-0.3, -0.25) is 9.59 Å². The largest absolute Gasteiger partial charge is 0.299 e. The van der Waals surface area contributed by atoms with Crippen molar-refractivity contribution < 1.29 is 9.59 Å². The summed E-state index contributed by atoms with van der Waals surface area (Å²) in [5.74, 6) is -0.851. The number of nitrogens with zero attached hydrogens (tertiary/aromatic N) is 3. The van der Waals surface area contributed by atoms with Crippen molar-refractivity contribution in [3.05, 3.63) is 10.4 Å². The number of carbonyl (C=O) groups excluding carboxylic acids is 2. The minimum Gasteiger partial charge on any atom is -0.299 e. The smallest absolute Gasteiger partial charge is 0.154 e. The average Bonchev–Trinajstić information content (AvgIpc) is 1.81. The summed E-state index contributed by atoms with van der Waals surface area (Å²) in [5.41, 5.74) is 7.89. The molecular formula is C5H7N3O2. The molecule has 0 amide bonds. The zero-order chi connectivity index (χ0) is 8.15. The van der Waals surface area contributed by atoms with Gasteiger partial charge in [-0.25, -0.2) is 0 Å². The van der Waals surface area contributed by atoms with Crippen LogP contribution in [0.2, 0.25) is 0 Å². The van der Waals surface area contributed by atoms with Crippen molar-refractivity contribution in [3.63, 3.8) is 0 Å². The first kappa shape index (κ1) is 8.65. The Balaban J connectivity index is 4.41. The number of carbonyl (C=O) groups is 2. The highest BCUT2D eigenvalue weighted by Crippen LogP contribution is 1.94. The number of rotatable bonds is 3. The summed E-state index contributed by atoms with van der Waals surface area (Å²) in [6.07, 6.45) is 0. The molecule has 10 heavy (non-hydrogen) atoms. The number of hydrogen-bond donors (Lipinski definition) is 0. The first-order valence-electron chi connectivity index (χ1n) is 2.64. The molecule has 0 fully saturated rings. The molecule has 5 nitrogen and oxygen atoms in total. The number of ketones is 2. The second-order valence-corrected chi connectivity index (χ2v) is 1.83. The summed E-state index contributed by atoms with van der Waals surface area (Å²) >= 11 is 0. The summed E-state index contributed by atoms with van der Waals surface area (Å²) in [4.78, 5) is 23.3. The Hall–Kier alpha value is -1.35. The van der Waals surface area contributed by atoms with E-state index in [1.54, 1.807) is 0 Å². The summed E-state index contributed by atoms with van der Waals surface area (Å²) < 4.78 is 0. The van der Waals surface area contributed by atoms with E-state index in [1.807, 2.05) is 0 Å². The lowest BCUT2D eigenvalue weighted by molar-refractivity contribution is -0.126. The van der Waals surface area contributed by atoms with Crippen molar-refractivity contribution >= 4 is 11.6 Å². The molecule has 0 unspecified atom stereocenters. The van der Waals surface area contributed by atoms with Crippen LogP contribution >= 0.6 is 0 Å². The first-order valence-corrected chi connectivity index (χ1v) is 2.64. The Labute approximate surface area is 57.7 Å².